The van der Waals surface area contributed by atoms with Crippen molar-refractivity contribution in [3.8, 4) is 6.07 Å². The van der Waals surface area contributed by atoms with E-state index in [2.05, 4.69) is 21.5 Å². The maximum atomic E-state index is 12.6. The molecule has 1 aliphatic heterocycles. The third kappa shape index (κ3) is 3.13. The molecule has 3 aromatic rings. The van der Waals surface area contributed by atoms with Crippen LogP contribution in [-0.2, 0) is 0 Å². The number of benzene rings is 1. The molecule has 31 heavy (non-hydrogen) atoms. The van der Waals surface area contributed by atoms with E-state index in [4.69, 9.17) is 0 Å². The van der Waals surface area contributed by atoms with Gasteiger partial charge in [0.25, 0.3) is 5.56 Å². The van der Waals surface area contributed by atoms with Crippen LogP contribution in [0.15, 0.2) is 40.2 Å². The number of hydrogen-bond acceptors (Lipinski definition) is 7. The number of hydrogen-bond donors (Lipinski definition) is 5. The minimum atomic E-state index is -3.06. The van der Waals surface area contributed by atoms with E-state index in [1.54, 1.807) is 42.1 Å². The lowest BCUT2D eigenvalue weighted by atomic mass is 10.1. The van der Waals surface area contributed by atoms with Gasteiger partial charge in [-0.1, -0.05) is 0 Å². The second-order valence-electron chi connectivity index (χ2n) is 8.25. The van der Waals surface area contributed by atoms with Crippen LogP contribution in [-0.4, -0.2) is 34.2 Å². The van der Waals surface area contributed by atoms with Crippen LogP contribution in [0.3, 0.4) is 0 Å². The number of aliphatic hydroxyl groups excluding tert-OH is 1. The van der Waals surface area contributed by atoms with Crippen molar-refractivity contribution >= 4 is 33.0 Å². The number of anilines is 2. The van der Waals surface area contributed by atoms with E-state index in [0.717, 1.165) is 12.8 Å². The highest BCUT2D eigenvalue weighted by atomic mass is 32.3. The van der Waals surface area contributed by atoms with Crippen molar-refractivity contribution in [3.05, 3.63) is 46.4 Å². The number of aliphatic hydroxyl groups is 1. The fourth-order valence-corrected chi connectivity index (χ4v) is 6.07. The molecule has 5 rings (SSSR count). The van der Waals surface area contributed by atoms with Crippen LogP contribution < -0.4 is 10.9 Å². The Hall–Kier alpha value is -2.84. The summed E-state index contributed by atoms with van der Waals surface area (Å²) in [7, 11) is -3.06. The summed E-state index contributed by atoms with van der Waals surface area (Å²) in [4.78, 5) is 15.6. The third-order valence-electron chi connectivity index (χ3n) is 6.29. The van der Waals surface area contributed by atoms with Crippen LogP contribution in [0.2, 0.25) is 0 Å². The molecule has 162 valence electrons. The Kier molecular flexibility index (Phi) is 4.60. The minimum absolute atomic E-state index is 0.0967. The van der Waals surface area contributed by atoms with Crippen molar-refractivity contribution in [2.75, 3.05) is 5.32 Å². The standard InChI is InChI=1S/C21H23N5O4S/c1-11-19(27)14-10-13(4-5-17(14)31(11,29)30)24-20-18-16(7-9-23-21(18)28)26(25-20)15(6-8-22)12-2-3-12/h4-5,7,9-12,15,19,27,29-30H,2-3,6H2,1H3,(H,23,28)(H,24,25). The van der Waals surface area contributed by atoms with E-state index in [1.165, 1.54) is 0 Å². The van der Waals surface area contributed by atoms with E-state index in [0.29, 0.717) is 45.2 Å². The molecule has 3 heterocycles. The normalized spacial score (nSPS) is 23.8. The average Bonchev–Trinajstić information content (AvgIpc) is 3.50. The van der Waals surface area contributed by atoms with Gasteiger partial charge in [-0.25, -0.2) is 0 Å². The molecular formula is C21H23N5O4S. The van der Waals surface area contributed by atoms with Crippen molar-refractivity contribution in [2.24, 2.45) is 5.92 Å². The monoisotopic (exact) mass is 441 g/mol. The Morgan fingerprint density at radius 1 is 1.39 bits per heavy atom. The zero-order chi connectivity index (χ0) is 21.9. The zero-order valence-corrected chi connectivity index (χ0v) is 17.6. The maximum absolute atomic E-state index is 12.6. The molecule has 0 bridgehead atoms. The van der Waals surface area contributed by atoms with Gasteiger partial charge >= 0.3 is 0 Å². The molecule has 0 amide bonds. The van der Waals surface area contributed by atoms with E-state index in [-0.39, 0.29) is 11.6 Å². The van der Waals surface area contributed by atoms with Crippen molar-refractivity contribution in [1.82, 2.24) is 14.8 Å². The average molecular weight is 442 g/mol. The lowest BCUT2D eigenvalue weighted by Gasteiger charge is -2.33. The number of nitrogens with one attached hydrogen (secondary N) is 2. The molecule has 3 unspecified atom stereocenters. The summed E-state index contributed by atoms with van der Waals surface area (Å²) in [5.41, 5.74) is 1.39. The first kappa shape index (κ1) is 20.1. The number of nitrogens with zero attached hydrogens (tertiary/aromatic N) is 3. The largest absolute Gasteiger partial charge is 0.386 e. The van der Waals surface area contributed by atoms with E-state index in [9.17, 15) is 24.3 Å². The van der Waals surface area contributed by atoms with E-state index >= 15 is 0 Å². The van der Waals surface area contributed by atoms with Crippen LogP contribution in [0.1, 0.15) is 43.9 Å². The van der Waals surface area contributed by atoms with Crippen molar-refractivity contribution < 1.29 is 14.2 Å². The molecule has 0 saturated heterocycles. The molecule has 2 aromatic heterocycles. The first-order chi connectivity index (χ1) is 14.8. The quantitative estimate of drug-likeness (QED) is 0.404. The SMILES string of the molecule is CC1C(O)c2cc(Nc3nn(C(CC#N)C4CC4)c4cc[nH]c(=O)c34)ccc2S1(O)O. The highest BCUT2D eigenvalue weighted by Crippen LogP contribution is 2.63. The molecule has 5 N–H and O–H groups in total. The fraction of sp³-hybridized carbons (Fsp3) is 0.381. The Bertz CT molecular complexity index is 1270. The van der Waals surface area contributed by atoms with Crippen molar-refractivity contribution in [2.45, 2.75) is 48.5 Å². The van der Waals surface area contributed by atoms with Crippen LogP contribution in [0, 0.1) is 17.2 Å². The molecule has 1 fully saturated rings. The summed E-state index contributed by atoms with van der Waals surface area (Å²) in [5.74, 6) is 0.726. The molecule has 1 aromatic carbocycles. The number of fused-ring (bicyclic) bond motifs is 2. The van der Waals surface area contributed by atoms with Crippen molar-refractivity contribution in [1.29, 1.82) is 5.26 Å². The van der Waals surface area contributed by atoms with Gasteiger partial charge in [0.1, 0.15) is 11.5 Å². The Balaban J connectivity index is 1.58. The smallest absolute Gasteiger partial charge is 0.261 e. The number of aromatic nitrogens is 3. The van der Waals surface area contributed by atoms with Gasteiger partial charge in [-0.2, -0.15) is 21.0 Å². The van der Waals surface area contributed by atoms with E-state index < -0.39 is 21.9 Å². The lowest BCUT2D eigenvalue weighted by molar-refractivity contribution is 0.177. The number of rotatable bonds is 5. The van der Waals surface area contributed by atoms with Crippen molar-refractivity contribution in [3.63, 3.8) is 0 Å². The predicted molar refractivity (Wildman–Crippen MR) is 118 cm³/mol. The molecule has 10 heteroatoms. The van der Waals surface area contributed by atoms with Gasteiger partial charge in [0.05, 0.1) is 34.2 Å². The summed E-state index contributed by atoms with van der Waals surface area (Å²) < 4.78 is 22.5. The minimum Gasteiger partial charge on any atom is -0.386 e. The first-order valence-electron chi connectivity index (χ1n) is 10.2. The summed E-state index contributed by atoms with van der Waals surface area (Å²) in [6.45, 7) is 1.61. The van der Waals surface area contributed by atoms with Gasteiger partial charge in [-0.05, 0) is 49.9 Å². The molecule has 3 atom stereocenters. The first-order valence-corrected chi connectivity index (χ1v) is 11.8. The lowest BCUT2D eigenvalue weighted by Crippen LogP contribution is -2.13. The van der Waals surface area contributed by atoms with Gasteiger partial charge in [0, 0.05) is 17.4 Å². The molecule has 1 saturated carbocycles. The fourth-order valence-electron chi connectivity index (χ4n) is 4.37. The second kappa shape index (κ2) is 7.10. The summed E-state index contributed by atoms with van der Waals surface area (Å²) in [5, 5.41) is 27.3. The van der Waals surface area contributed by atoms with Gasteiger partial charge in [0.2, 0.25) is 0 Å². The van der Waals surface area contributed by atoms with Crippen LogP contribution in [0.4, 0.5) is 11.5 Å². The summed E-state index contributed by atoms with van der Waals surface area (Å²) in [6.07, 6.45) is 2.96. The van der Waals surface area contributed by atoms with Crippen LogP contribution in [0.5, 0.6) is 0 Å². The summed E-state index contributed by atoms with van der Waals surface area (Å²) >= 11 is 0. The predicted octanol–water partition coefficient (Wildman–Crippen LogP) is 3.88. The molecule has 0 radical (unpaired) electrons. The molecule has 0 spiro atoms. The highest BCUT2D eigenvalue weighted by Gasteiger charge is 2.41. The maximum Gasteiger partial charge on any atom is 0.261 e. The number of nitriles is 1. The van der Waals surface area contributed by atoms with Crippen LogP contribution >= 0.6 is 10.6 Å². The number of aromatic amines is 1. The molecular weight excluding hydrogens is 418 g/mol. The highest BCUT2D eigenvalue weighted by molar-refractivity contribution is 8.25. The second-order valence-corrected chi connectivity index (χ2v) is 10.6. The zero-order valence-electron chi connectivity index (χ0n) is 16.8. The van der Waals surface area contributed by atoms with Crippen LogP contribution in [0.25, 0.3) is 10.9 Å². The molecule has 2 aliphatic rings. The summed E-state index contributed by atoms with van der Waals surface area (Å²) in [6, 6.07) is 8.84. The Labute approximate surface area is 179 Å². The Morgan fingerprint density at radius 2 is 2.16 bits per heavy atom. The Morgan fingerprint density at radius 3 is 2.87 bits per heavy atom. The van der Waals surface area contributed by atoms with E-state index in [1.807, 2.05) is 0 Å². The van der Waals surface area contributed by atoms with Gasteiger partial charge in [-0.15, -0.1) is 0 Å². The van der Waals surface area contributed by atoms with Gasteiger partial charge in [0.15, 0.2) is 5.82 Å². The van der Waals surface area contributed by atoms with Gasteiger partial charge < -0.3 is 15.4 Å². The van der Waals surface area contributed by atoms with Gasteiger partial charge in [-0.3, -0.25) is 18.6 Å². The molecule has 1 aliphatic carbocycles. The number of pyridine rings is 1. The third-order valence-corrected chi connectivity index (χ3v) is 8.60. The topological polar surface area (TPSA) is 147 Å². The molecule has 9 nitrogen and oxygen atoms in total. The number of H-pyrrole nitrogens is 1.